The number of anilines is 1. The molecule has 4 heteroatoms. The number of aryl methyl sites for hydroxylation is 2. The maximum atomic E-state index is 14.2. The zero-order valence-corrected chi connectivity index (χ0v) is 24.1. The van der Waals surface area contributed by atoms with Gasteiger partial charge in [-0.2, -0.15) is 0 Å². The lowest BCUT2D eigenvalue weighted by Crippen LogP contribution is -2.41. The van der Waals surface area contributed by atoms with Gasteiger partial charge in [-0.25, -0.2) is 4.90 Å². The zero-order valence-electron chi connectivity index (χ0n) is 24.1. The lowest BCUT2D eigenvalue weighted by Gasteiger charge is -2.31. The van der Waals surface area contributed by atoms with E-state index in [1.165, 1.54) is 10.3 Å². The number of carbonyl (C=O) groups is 2. The maximum Gasteiger partial charge on any atom is 0.266 e. The van der Waals surface area contributed by atoms with Gasteiger partial charge in [0.2, 0.25) is 0 Å². The van der Waals surface area contributed by atoms with Gasteiger partial charge in [0.05, 0.1) is 5.69 Å². The van der Waals surface area contributed by atoms with Gasteiger partial charge in [-0.3, -0.25) is 9.59 Å². The topological polar surface area (TPSA) is 46.6 Å². The van der Waals surface area contributed by atoms with Crippen molar-refractivity contribution in [1.82, 2.24) is 0 Å². The summed E-state index contributed by atoms with van der Waals surface area (Å²) in [5.41, 5.74) is 5.01. The smallest absolute Gasteiger partial charge is 0.266 e. The lowest BCUT2D eigenvalue weighted by molar-refractivity contribution is 0.0893. The number of carbonyl (C=O) groups excluding carboxylic acids is 2. The molecule has 0 aromatic heterocycles. The molecule has 0 saturated carbocycles. The number of imide groups is 1. The van der Waals surface area contributed by atoms with Crippen LogP contribution in [0.4, 0.5) is 5.69 Å². The van der Waals surface area contributed by atoms with Crippen molar-refractivity contribution in [2.45, 2.75) is 33.3 Å². The first-order valence-corrected chi connectivity index (χ1v) is 14.9. The molecule has 0 radical (unpaired) electrons. The Hall–Kier alpha value is -5.22. The quantitative estimate of drug-likeness (QED) is 0.116. The van der Waals surface area contributed by atoms with Gasteiger partial charge >= 0.3 is 0 Å². The van der Waals surface area contributed by atoms with E-state index < -0.39 is 0 Å². The summed E-state index contributed by atoms with van der Waals surface area (Å²) in [5, 5.41) is 8.36. The van der Waals surface area contributed by atoms with Crippen LogP contribution < -0.4 is 9.64 Å². The minimum atomic E-state index is -0.255. The zero-order chi connectivity index (χ0) is 29.2. The maximum absolute atomic E-state index is 14.2. The Morgan fingerprint density at radius 1 is 0.512 bits per heavy atom. The molecule has 0 N–H and O–H groups in total. The largest absolute Gasteiger partial charge is 0.489 e. The monoisotopic (exact) mass is 559 g/mol. The average molecular weight is 560 g/mol. The first kappa shape index (κ1) is 25.5. The SMILES string of the molecule is CCc1cccc(CC)c1N1C(=O)c2ccc3c4cccc5c(COc6ccccc6)ccc(c6ccc(c2c36)C1=O)c54. The molecule has 208 valence electrons. The number of fused-ring (bicyclic) bond motifs is 2. The third kappa shape index (κ3) is 3.63. The van der Waals surface area contributed by atoms with Gasteiger partial charge in [0, 0.05) is 16.5 Å². The average Bonchev–Trinajstić information content (AvgIpc) is 3.06. The molecular formula is C39H29NO3. The molecule has 0 atom stereocenters. The summed E-state index contributed by atoms with van der Waals surface area (Å²) in [6.07, 6.45) is 1.47. The van der Waals surface area contributed by atoms with Crippen molar-refractivity contribution < 1.29 is 14.3 Å². The van der Waals surface area contributed by atoms with E-state index in [1.807, 2.05) is 60.7 Å². The highest BCUT2D eigenvalue weighted by molar-refractivity contribution is 6.42. The van der Waals surface area contributed by atoms with E-state index in [0.717, 1.165) is 78.7 Å². The Kier molecular flexibility index (Phi) is 5.73. The van der Waals surface area contributed by atoms with Gasteiger partial charge in [0.15, 0.2) is 0 Å². The normalized spacial score (nSPS) is 13.2. The number of nitrogens with zero attached hydrogens (tertiary/aromatic N) is 1. The fraction of sp³-hybridized carbons (Fsp3) is 0.128. The Morgan fingerprint density at radius 2 is 1.07 bits per heavy atom. The number of amides is 2. The molecule has 4 nitrogen and oxygen atoms in total. The highest BCUT2D eigenvalue weighted by Crippen LogP contribution is 2.45. The van der Waals surface area contributed by atoms with Crippen molar-refractivity contribution in [3.8, 4) is 5.75 Å². The Balaban J connectivity index is 1.35. The van der Waals surface area contributed by atoms with Crippen molar-refractivity contribution in [2.75, 3.05) is 4.90 Å². The number of ether oxygens (including phenoxy) is 1. The Morgan fingerprint density at radius 3 is 1.72 bits per heavy atom. The van der Waals surface area contributed by atoms with E-state index >= 15 is 0 Å². The van der Waals surface area contributed by atoms with E-state index in [2.05, 4.69) is 56.3 Å². The predicted molar refractivity (Wildman–Crippen MR) is 175 cm³/mol. The van der Waals surface area contributed by atoms with Gasteiger partial charge in [0.1, 0.15) is 12.4 Å². The van der Waals surface area contributed by atoms with E-state index in [0.29, 0.717) is 17.7 Å². The van der Waals surface area contributed by atoms with Gasteiger partial charge < -0.3 is 4.74 Å². The summed E-state index contributed by atoms with van der Waals surface area (Å²) in [7, 11) is 0. The molecule has 2 amide bonds. The number of hydrogen-bond acceptors (Lipinski definition) is 3. The summed E-state index contributed by atoms with van der Waals surface area (Å²) in [6.45, 7) is 4.59. The van der Waals surface area contributed by atoms with Crippen LogP contribution in [0, 0.1) is 0 Å². The highest BCUT2D eigenvalue weighted by atomic mass is 16.5. The molecule has 0 aliphatic carbocycles. The molecule has 43 heavy (non-hydrogen) atoms. The first-order valence-electron chi connectivity index (χ1n) is 14.9. The van der Waals surface area contributed by atoms with Gasteiger partial charge in [0.25, 0.3) is 11.8 Å². The van der Waals surface area contributed by atoms with Crippen molar-refractivity contribution >= 4 is 60.6 Å². The molecule has 0 unspecified atom stereocenters. The molecule has 1 heterocycles. The lowest BCUT2D eigenvalue weighted by atomic mass is 9.84. The Labute approximate surface area is 249 Å². The Bertz CT molecular complexity index is 2160. The fourth-order valence-electron chi connectivity index (χ4n) is 7.06. The van der Waals surface area contributed by atoms with Crippen LogP contribution in [0.15, 0.2) is 103 Å². The van der Waals surface area contributed by atoms with Crippen molar-refractivity contribution in [3.05, 3.63) is 131 Å². The second kappa shape index (κ2) is 9.67. The molecule has 0 saturated heterocycles. The van der Waals surface area contributed by atoms with Crippen LogP contribution in [0.25, 0.3) is 43.1 Å². The molecule has 0 fully saturated rings. The molecule has 0 bridgehead atoms. The third-order valence-electron chi connectivity index (χ3n) is 9.07. The summed E-state index contributed by atoms with van der Waals surface area (Å²) in [6, 6.07) is 34.5. The number of hydrogen-bond donors (Lipinski definition) is 0. The second-order valence-corrected chi connectivity index (χ2v) is 11.3. The number of benzene rings is 7. The molecule has 7 aromatic rings. The molecule has 1 aliphatic heterocycles. The van der Waals surface area contributed by atoms with Crippen molar-refractivity contribution in [1.29, 1.82) is 0 Å². The van der Waals surface area contributed by atoms with E-state index in [9.17, 15) is 9.59 Å². The number of rotatable bonds is 6. The van der Waals surface area contributed by atoms with Gasteiger partial charge in [-0.15, -0.1) is 0 Å². The van der Waals surface area contributed by atoms with Crippen LogP contribution in [0.3, 0.4) is 0 Å². The third-order valence-corrected chi connectivity index (χ3v) is 9.07. The van der Waals surface area contributed by atoms with Crippen LogP contribution >= 0.6 is 0 Å². The number of para-hydroxylation sites is 2. The minimum absolute atomic E-state index is 0.255. The summed E-state index contributed by atoms with van der Waals surface area (Å²) in [4.78, 5) is 29.9. The van der Waals surface area contributed by atoms with E-state index in [1.54, 1.807) is 0 Å². The van der Waals surface area contributed by atoms with E-state index in [-0.39, 0.29) is 11.8 Å². The first-order chi connectivity index (χ1) is 21.1. The van der Waals surface area contributed by atoms with Gasteiger partial charge in [-0.05, 0) is 91.5 Å². The predicted octanol–water partition coefficient (Wildman–Crippen LogP) is 9.24. The van der Waals surface area contributed by atoms with Crippen LogP contribution in [0.5, 0.6) is 5.75 Å². The highest BCUT2D eigenvalue weighted by Gasteiger charge is 2.37. The van der Waals surface area contributed by atoms with Crippen LogP contribution in [0.2, 0.25) is 0 Å². The van der Waals surface area contributed by atoms with Crippen LogP contribution in [-0.2, 0) is 19.4 Å². The molecular weight excluding hydrogens is 530 g/mol. The summed E-state index contributed by atoms with van der Waals surface area (Å²) < 4.78 is 6.14. The van der Waals surface area contributed by atoms with E-state index in [4.69, 9.17) is 4.74 Å². The summed E-state index contributed by atoms with van der Waals surface area (Å²) >= 11 is 0. The summed E-state index contributed by atoms with van der Waals surface area (Å²) in [5.74, 6) is 0.326. The molecule has 7 aromatic carbocycles. The molecule has 1 aliphatic rings. The van der Waals surface area contributed by atoms with Crippen molar-refractivity contribution in [3.63, 3.8) is 0 Å². The standard InChI is InChI=1S/C39H29NO3/c1-3-23-10-8-11-24(4-2)37(23)40-38(41)32-20-18-30-28-15-9-14-27-25(22-43-26-12-6-5-7-13-26)16-17-29(34(27)28)31-19-21-33(39(40)42)36(32)35(30)31/h5-21H,3-4,22H2,1-2H3. The minimum Gasteiger partial charge on any atom is -0.489 e. The van der Waals surface area contributed by atoms with Crippen molar-refractivity contribution in [2.24, 2.45) is 0 Å². The van der Waals surface area contributed by atoms with Crippen LogP contribution in [0.1, 0.15) is 51.3 Å². The van der Waals surface area contributed by atoms with Crippen LogP contribution in [-0.4, -0.2) is 11.8 Å². The molecule has 0 spiro atoms. The second-order valence-electron chi connectivity index (χ2n) is 11.3. The molecule has 8 rings (SSSR count). The fourth-order valence-corrected chi connectivity index (χ4v) is 7.06. The van der Waals surface area contributed by atoms with Gasteiger partial charge in [-0.1, -0.05) is 92.7 Å².